The maximum Gasteiger partial charge on any atom is 0.311 e. The molecule has 17 heteroatoms. The van der Waals surface area contributed by atoms with Gasteiger partial charge in [-0.15, -0.1) is 0 Å². The van der Waals surface area contributed by atoms with Gasteiger partial charge in [-0.1, -0.05) is 32.0 Å². The lowest BCUT2D eigenvalue weighted by atomic mass is 9.75. The van der Waals surface area contributed by atoms with Gasteiger partial charge in [-0.25, -0.2) is 14.7 Å². The number of carbonyl (C=O) groups excluding carboxylic acids is 2. The number of aliphatic imine (C=N–C) groups is 1. The zero-order valence-corrected chi connectivity index (χ0v) is 35.1. The fourth-order valence-corrected chi connectivity index (χ4v) is 8.72. The normalized spacial score (nSPS) is 38.5. The van der Waals surface area contributed by atoms with Gasteiger partial charge in [-0.3, -0.25) is 9.59 Å². The predicted molar refractivity (Wildman–Crippen MR) is 212 cm³/mol. The van der Waals surface area contributed by atoms with Crippen LogP contribution in [-0.2, 0) is 49.5 Å². The van der Waals surface area contributed by atoms with E-state index < -0.39 is 71.7 Å². The molecule has 2 aromatic rings. The molecule has 13 atom stereocenters. The molecule has 6 rings (SSSR count). The van der Waals surface area contributed by atoms with Gasteiger partial charge < -0.3 is 49.0 Å². The van der Waals surface area contributed by atoms with Crippen molar-refractivity contribution in [2.45, 2.75) is 141 Å². The molecule has 17 nitrogen and oxygen atoms in total. The third-order valence-corrected chi connectivity index (χ3v) is 12.2. The Labute approximate surface area is 340 Å². The number of nitrogens with two attached hydrogens (primary N) is 1. The minimum absolute atomic E-state index is 0.0418. The fraction of sp³-hybridized carbons (Fsp3) is 0.707. The third-order valence-electron chi connectivity index (χ3n) is 12.2. The largest absolute Gasteiger partial charge is 0.458 e. The molecule has 0 spiro atoms. The lowest BCUT2D eigenvalue weighted by Crippen LogP contribution is -2.58. The Balaban J connectivity index is 1.35. The Morgan fingerprint density at radius 3 is 2.55 bits per heavy atom. The molecular weight excluding hydrogens is 750 g/mol. The van der Waals surface area contributed by atoms with E-state index in [0.29, 0.717) is 24.4 Å². The van der Waals surface area contributed by atoms with Gasteiger partial charge in [-0.05, 0) is 73.2 Å². The molecule has 0 saturated carbocycles. The summed E-state index contributed by atoms with van der Waals surface area (Å²) in [7, 11) is 3.81. The van der Waals surface area contributed by atoms with Crippen molar-refractivity contribution in [3.63, 3.8) is 0 Å². The minimum atomic E-state index is -1.21. The van der Waals surface area contributed by atoms with E-state index in [0.717, 1.165) is 5.56 Å². The number of esters is 1. The quantitative estimate of drug-likeness (QED) is 0.291. The summed E-state index contributed by atoms with van der Waals surface area (Å²) in [5.74, 6) is -2.03. The monoisotopic (exact) mass is 811 g/mol. The number of aliphatic hydroxyl groups excluding tert-OH is 1. The van der Waals surface area contributed by atoms with Gasteiger partial charge in [0.1, 0.15) is 36.4 Å². The van der Waals surface area contributed by atoms with Crippen LogP contribution in [0.3, 0.4) is 0 Å². The molecule has 0 amide bonds. The highest BCUT2D eigenvalue weighted by Crippen LogP contribution is 2.41. The maximum atomic E-state index is 14.5. The molecular formula is C41H61N7O10. The molecule has 3 N–H and O–H groups in total. The van der Waals surface area contributed by atoms with Crippen molar-refractivity contribution >= 4 is 23.5 Å². The molecule has 2 aromatic heterocycles. The number of cyclic esters (lactones) is 1. The average Bonchev–Trinajstić information content (AvgIpc) is 3.85. The van der Waals surface area contributed by atoms with Gasteiger partial charge in [0.05, 0.1) is 43.0 Å². The van der Waals surface area contributed by atoms with Crippen LogP contribution >= 0.6 is 0 Å². The Bertz CT molecular complexity index is 1780. The maximum absolute atomic E-state index is 14.5. The highest BCUT2D eigenvalue weighted by molar-refractivity contribution is 5.87. The number of pyridine rings is 1. The first-order valence-corrected chi connectivity index (χ1v) is 20.3. The number of likely N-dealkylation sites (N-methyl/N-ethyl adjacent to an activating group) is 1. The highest BCUT2D eigenvalue weighted by Gasteiger charge is 2.55. The van der Waals surface area contributed by atoms with E-state index in [-0.39, 0.29) is 56.6 Å². The van der Waals surface area contributed by atoms with Crippen molar-refractivity contribution in [2.75, 3.05) is 27.3 Å². The zero-order chi connectivity index (χ0) is 41.9. The first-order valence-electron chi connectivity index (χ1n) is 20.3. The van der Waals surface area contributed by atoms with Crippen molar-refractivity contribution < 1.29 is 48.0 Å². The Morgan fingerprint density at radius 2 is 1.88 bits per heavy atom. The molecule has 320 valence electrons. The third kappa shape index (κ3) is 9.39. The SMILES string of the molecule is CC[C@H]1OC(=O)[C@H](C)[C@H]2C[C@@H](OC3O[C@H](C)C[C@H](N(C)C)[C@H]3O)[C@](C)(C[C@@H](C)C(=O)[C@H](C)C3N=C(N)OC31C)OC/C(=N/OCc1ccc(-n3cccn3)nc1)CO2. The van der Waals surface area contributed by atoms with Crippen LogP contribution in [0.5, 0.6) is 0 Å². The number of oxime groups is 1. The molecule has 4 aliphatic heterocycles. The molecule has 58 heavy (non-hydrogen) atoms. The van der Waals surface area contributed by atoms with E-state index >= 15 is 0 Å². The molecule has 0 radical (unpaired) electrons. The zero-order valence-electron chi connectivity index (χ0n) is 35.1. The number of amidine groups is 1. The molecule has 6 heterocycles. The number of aliphatic hydroxyl groups is 1. The topological polar surface area (TPSA) is 204 Å². The molecule has 0 aliphatic carbocycles. The standard InChI is InChI=1S/C41H61N7O10/c1-10-31-41(7)36(45-39(42)58-41)26(5)34(49)23(2)18-40(6)32(57-38-35(50)29(47(8)9)16-24(3)55-38)17-30(25(4)37(51)56-31)52-21-28(22-53-40)46-54-20-27-12-13-33(43-19-27)48-15-11-14-44-48/h11-15,19,23-26,29-32,35-36,38,50H,10,16-18,20-22H2,1-9H3,(H2,42,45)/b46-28+/t23-,24-,25-,26+,29+,30-,31-,32-,35-,36?,38?,40+,41?/m1/s1. The van der Waals surface area contributed by atoms with E-state index in [9.17, 15) is 14.7 Å². The van der Waals surface area contributed by atoms with Gasteiger partial charge in [0, 0.05) is 48.5 Å². The summed E-state index contributed by atoms with van der Waals surface area (Å²) in [5.41, 5.74) is 4.94. The Hall–Kier alpha value is -4.00. The Morgan fingerprint density at radius 1 is 1.10 bits per heavy atom. The number of aromatic nitrogens is 3. The van der Waals surface area contributed by atoms with E-state index in [1.807, 2.05) is 71.1 Å². The fourth-order valence-electron chi connectivity index (χ4n) is 8.72. The number of ether oxygens (including phenoxy) is 6. The summed E-state index contributed by atoms with van der Waals surface area (Å²) in [6, 6.07) is 4.51. The van der Waals surface area contributed by atoms with Crippen LogP contribution in [0.1, 0.15) is 79.7 Å². The first kappa shape index (κ1) is 43.6. The number of hydrogen-bond acceptors (Lipinski definition) is 16. The molecule has 4 aliphatic rings. The molecule has 0 aromatic carbocycles. The van der Waals surface area contributed by atoms with E-state index in [2.05, 4.69) is 20.2 Å². The number of fused-ring (bicyclic) bond motifs is 4. The highest BCUT2D eigenvalue weighted by atomic mass is 16.7. The van der Waals surface area contributed by atoms with Gasteiger partial charge in [0.15, 0.2) is 17.7 Å². The number of Topliss-reactive ketones (excluding diaryl/α,β-unsaturated/α-hetero) is 1. The van der Waals surface area contributed by atoms with Gasteiger partial charge in [-0.2, -0.15) is 5.10 Å². The van der Waals surface area contributed by atoms with Gasteiger partial charge in [0.2, 0.25) is 0 Å². The summed E-state index contributed by atoms with van der Waals surface area (Å²) >= 11 is 0. The van der Waals surface area contributed by atoms with E-state index in [1.165, 1.54) is 0 Å². The molecule has 2 bridgehead atoms. The number of carbonyl (C=O) groups is 2. The lowest BCUT2D eigenvalue weighted by Gasteiger charge is -2.46. The Kier molecular flexibility index (Phi) is 13.6. The molecule has 3 saturated heterocycles. The van der Waals surface area contributed by atoms with Crippen LogP contribution in [0.25, 0.3) is 5.82 Å². The number of rotatable bonds is 8. The van der Waals surface area contributed by atoms with Crippen molar-refractivity contribution in [1.29, 1.82) is 0 Å². The van der Waals surface area contributed by atoms with Crippen LogP contribution in [0.2, 0.25) is 0 Å². The van der Waals surface area contributed by atoms with Crippen LogP contribution in [0.15, 0.2) is 46.9 Å². The van der Waals surface area contributed by atoms with Crippen LogP contribution in [0.4, 0.5) is 0 Å². The summed E-state index contributed by atoms with van der Waals surface area (Å²) in [6.45, 7) is 12.9. The summed E-state index contributed by atoms with van der Waals surface area (Å²) in [4.78, 5) is 45.5. The minimum Gasteiger partial charge on any atom is -0.458 e. The van der Waals surface area contributed by atoms with Crippen molar-refractivity contribution in [3.05, 3.63) is 42.4 Å². The van der Waals surface area contributed by atoms with Crippen molar-refractivity contribution in [2.24, 2.45) is 33.6 Å². The van der Waals surface area contributed by atoms with Crippen molar-refractivity contribution in [3.8, 4) is 5.82 Å². The van der Waals surface area contributed by atoms with E-state index in [1.54, 1.807) is 37.8 Å². The van der Waals surface area contributed by atoms with Crippen molar-refractivity contribution in [1.82, 2.24) is 19.7 Å². The number of nitrogens with zero attached hydrogens (tertiary/aromatic N) is 6. The summed E-state index contributed by atoms with van der Waals surface area (Å²) < 4.78 is 40.4. The summed E-state index contributed by atoms with van der Waals surface area (Å²) in [6.07, 6.45) is 1.79. The molecule has 3 unspecified atom stereocenters. The second kappa shape index (κ2) is 18.1. The number of ketones is 1. The molecule has 3 fully saturated rings. The first-order chi connectivity index (χ1) is 27.5. The van der Waals surface area contributed by atoms with E-state index in [4.69, 9.17) is 39.0 Å². The second-order valence-electron chi connectivity index (χ2n) is 16.9. The smallest absolute Gasteiger partial charge is 0.311 e. The van der Waals surface area contributed by atoms with Crippen LogP contribution in [-0.4, -0.2) is 136 Å². The second-order valence-corrected chi connectivity index (χ2v) is 16.9. The predicted octanol–water partition coefficient (Wildman–Crippen LogP) is 3.19. The lowest BCUT2D eigenvalue weighted by molar-refractivity contribution is -0.294. The van der Waals surface area contributed by atoms with Gasteiger partial charge in [0.25, 0.3) is 6.02 Å². The summed E-state index contributed by atoms with van der Waals surface area (Å²) in [5, 5.41) is 20.3. The number of hydrogen-bond donors (Lipinski definition) is 2. The van der Waals surface area contributed by atoms with Crippen LogP contribution < -0.4 is 5.73 Å². The van der Waals surface area contributed by atoms with Gasteiger partial charge >= 0.3 is 5.97 Å². The average molecular weight is 812 g/mol. The van der Waals surface area contributed by atoms with Crippen LogP contribution in [0, 0.1) is 17.8 Å².